The molecule has 29 heavy (non-hydrogen) atoms. The van der Waals surface area contributed by atoms with Crippen molar-refractivity contribution in [3.63, 3.8) is 0 Å². The minimum absolute atomic E-state index is 0.326. The largest absolute Gasteiger partial charge is 0.438 e. The molecule has 0 fully saturated rings. The molecular formula is C24H16N2O3. The van der Waals surface area contributed by atoms with Gasteiger partial charge in [0.2, 0.25) is 11.8 Å². The number of aromatic nitrogens is 2. The number of ether oxygens (including phenoxy) is 3. The van der Waals surface area contributed by atoms with Crippen LogP contribution in [0.4, 0.5) is 0 Å². The van der Waals surface area contributed by atoms with Gasteiger partial charge in [0, 0.05) is 34.6 Å². The van der Waals surface area contributed by atoms with Gasteiger partial charge in [-0.1, -0.05) is 36.4 Å². The fraction of sp³-hybridized carbons (Fsp3) is 0.0833. The summed E-state index contributed by atoms with van der Waals surface area (Å²) in [6, 6.07) is 23.6. The maximum absolute atomic E-state index is 6.80. The lowest BCUT2D eigenvalue weighted by Gasteiger charge is -2.33. The van der Waals surface area contributed by atoms with Gasteiger partial charge in [0.15, 0.2) is 0 Å². The van der Waals surface area contributed by atoms with E-state index < -0.39 is 0 Å². The first kappa shape index (κ1) is 16.3. The zero-order chi connectivity index (χ0) is 19.2. The van der Waals surface area contributed by atoms with Crippen molar-refractivity contribution in [2.24, 2.45) is 0 Å². The minimum Gasteiger partial charge on any atom is -0.438 e. The lowest BCUT2D eigenvalue weighted by Crippen LogP contribution is -2.20. The van der Waals surface area contributed by atoms with Crippen LogP contribution in [0.25, 0.3) is 0 Å². The summed E-state index contributed by atoms with van der Waals surface area (Å²) in [6.07, 6.45) is 2.81. The summed E-state index contributed by atoms with van der Waals surface area (Å²) in [5.41, 5.74) is 3.76. The number of fused-ring (bicyclic) bond motifs is 4. The van der Waals surface area contributed by atoms with E-state index in [1.165, 1.54) is 0 Å². The highest BCUT2D eigenvalue weighted by Crippen LogP contribution is 2.50. The van der Waals surface area contributed by atoms with E-state index in [0.717, 1.165) is 33.8 Å². The molecule has 5 nitrogen and oxygen atoms in total. The number of hydrogen-bond donors (Lipinski definition) is 0. The Balaban J connectivity index is 1.51. The Labute approximate surface area is 167 Å². The number of rotatable bonds is 2. The van der Waals surface area contributed by atoms with Crippen molar-refractivity contribution in [3.8, 4) is 23.3 Å². The van der Waals surface area contributed by atoms with Gasteiger partial charge in [-0.25, -0.2) is 9.97 Å². The van der Waals surface area contributed by atoms with E-state index in [0.29, 0.717) is 11.8 Å². The average molecular weight is 380 g/mol. The SMILES string of the molecule is c1ccc2c(c1)Oc1ncccc1C2OC1c2ccccc2Oc2ncccc21. The lowest BCUT2D eigenvalue weighted by atomic mass is 9.95. The molecule has 0 saturated carbocycles. The van der Waals surface area contributed by atoms with E-state index in [9.17, 15) is 0 Å². The molecule has 0 saturated heterocycles. The third-order valence-electron chi connectivity index (χ3n) is 5.25. The topological polar surface area (TPSA) is 53.5 Å². The summed E-state index contributed by atoms with van der Waals surface area (Å²) in [5, 5.41) is 0. The molecule has 2 aromatic carbocycles. The van der Waals surface area contributed by atoms with Gasteiger partial charge < -0.3 is 14.2 Å². The molecule has 5 heteroatoms. The number of nitrogens with zero attached hydrogens (tertiary/aromatic N) is 2. The first-order valence-electron chi connectivity index (χ1n) is 9.47. The Morgan fingerprint density at radius 1 is 0.552 bits per heavy atom. The summed E-state index contributed by atoms with van der Waals surface area (Å²) >= 11 is 0. The predicted molar refractivity (Wildman–Crippen MR) is 106 cm³/mol. The molecule has 2 aliphatic rings. The van der Waals surface area contributed by atoms with E-state index >= 15 is 0 Å². The van der Waals surface area contributed by atoms with E-state index in [2.05, 4.69) is 9.97 Å². The van der Waals surface area contributed by atoms with Crippen LogP contribution in [0.15, 0.2) is 85.2 Å². The molecule has 4 aromatic rings. The van der Waals surface area contributed by atoms with E-state index in [1.807, 2.05) is 72.8 Å². The third-order valence-corrected chi connectivity index (χ3v) is 5.25. The van der Waals surface area contributed by atoms with Gasteiger partial charge in [0.1, 0.15) is 23.7 Å². The Bertz CT molecular complexity index is 1040. The molecule has 0 amide bonds. The number of para-hydroxylation sites is 2. The fourth-order valence-electron chi connectivity index (χ4n) is 3.93. The van der Waals surface area contributed by atoms with Crippen LogP contribution in [0, 0.1) is 0 Å². The molecule has 2 aromatic heterocycles. The zero-order valence-electron chi connectivity index (χ0n) is 15.4. The first-order chi connectivity index (χ1) is 14.4. The Morgan fingerprint density at radius 2 is 1.00 bits per heavy atom. The summed E-state index contributed by atoms with van der Waals surface area (Å²) < 4.78 is 18.8. The van der Waals surface area contributed by atoms with Crippen LogP contribution in [0.1, 0.15) is 34.5 Å². The lowest BCUT2D eigenvalue weighted by molar-refractivity contribution is 0.0198. The molecule has 4 heterocycles. The summed E-state index contributed by atoms with van der Waals surface area (Å²) in [6.45, 7) is 0. The zero-order valence-corrected chi connectivity index (χ0v) is 15.4. The maximum atomic E-state index is 6.80. The van der Waals surface area contributed by atoms with Crippen LogP contribution in [-0.2, 0) is 4.74 Å². The van der Waals surface area contributed by atoms with Crippen LogP contribution < -0.4 is 9.47 Å². The van der Waals surface area contributed by atoms with Crippen molar-refractivity contribution in [1.29, 1.82) is 0 Å². The number of benzene rings is 2. The van der Waals surface area contributed by atoms with Gasteiger partial charge in [-0.15, -0.1) is 0 Å². The highest BCUT2D eigenvalue weighted by Gasteiger charge is 2.35. The van der Waals surface area contributed by atoms with Gasteiger partial charge >= 0.3 is 0 Å². The smallest absolute Gasteiger partial charge is 0.225 e. The molecule has 0 N–H and O–H groups in total. The van der Waals surface area contributed by atoms with Crippen LogP contribution >= 0.6 is 0 Å². The third kappa shape index (κ3) is 2.59. The molecule has 2 unspecified atom stereocenters. The molecular weight excluding hydrogens is 364 g/mol. The standard InChI is InChI=1S/C24H16N2O3/c1-3-11-19-15(7-1)21(17-9-5-13-25-23(17)27-19)29-22-16-8-2-4-12-20(16)28-24-18(22)10-6-14-26-24/h1-14,21-22H. The van der Waals surface area contributed by atoms with Crippen molar-refractivity contribution >= 4 is 0 Å². The van der Waals surface area contributed by atoms with E-state index in [-0.39, 0.29) is 12.2 Å². The van der Waals surface area contributed by atoms with Crippen LogP contribution in [-0.4, -0.2) is 9.97 Å². The van der Waals surface area contributed by atoms with Crippen LogP contribution in [0.3, 0.4) is 0 Å². The predicted octanol–water partition coefficient (Wildman–Crippen LogP) is 5.58. The summed E-state index contributed by atoms with van der Waals surface area (Å²) in [4.78, 5) is 8.82. The van der Waals surface area contributed by atoms with Gasteiger partial charge in [-0.05, 0) is 36.4 Å². The van der Waals surface area contributed by atoms with Gasteiger partial charge in [-0.3, -0.25) is 0 Å². The second kappa shape index (κ2) is 6.43. The minimum atomic E-state index is -0.326. The Hall–Kier alpha value is -3.70. The quantitative estimate of drug-likeness (QED) is 0.454. The summed E-state index contributed by atoms with van der Waals surface area (Å²) in [5.74, 6) is 2.66. The number of pyridine rings is 2. The summed E-state index contributed by atoms with van der Waals surface area (Å²) in [7, 11) is 0. The van der Waals surface area contributed by atoms with E-state index in [1.54, 1.807) is 12.4 Å². The molecule has 0 bridgehead atoms. The highest BCUT2D eigenvalue weighted by atomic mass is 16.5. The van der Waals surface area contributed by atoms with Crippen LogP contribution in [0.5, 0.6) is 23.3 Å². The van der Waals surface area contributed by atoms with Gasteiger partial charge in [0.05, 0.1) is 0 Å². The average Bonchev–Trinajstić information content (AvgIpc) is 2.78. The maximum Gasteiger partial charge on any atom is 0.225 e. The molecule has 2 aliphatic heterocycles. The molecule has 6 rings (SSSR count). The second-order valence-corrected chi connectivity index (χ2v) is 6.97. The molecule has 140 valence electrons. The molecule has 0 aliphatic carbocycles. The van der Waals surface area contributed by atoms with Gasteiger partial charge in [0.25, 0.3) is 0 Å². The van der Waals surface area contributed by atoms with Crippen LogP contribution in [0.2, 0.25) is 0 Å². The molecule has 0 radical (unpaired) electrons. The van der Waals surface area contributed by atoms with Crippen molar-refractivity contribution in [2.75, 3.05) is 0 Å². The fourth-order valence-corrected chi connectivity index (χ4v) is 3.93. The normalized spacial score (nSPS) is 18.3. The van der Waals surface area contributed by atoms with Crippen molar-refractivity contribution in [2.45, 2.75) is 12.2 Å². The monoisotopic (exact) mass is 380 g/mol. The molecule has 0 spiro atoms. The van der Waals surface area contributed by atoms with Crippen molar-refractivity contribution in [1.82, 2.24) is 9.97 Å². The van der Waals surface area contributed by atoms with Crippen molar-refractivity contribution < 1.29 is 14.2 Å². The first-order valence-corrected chi connectivity index (χ1v) is 9.47. The number of hydrogen-bond acceptors (Lipinski definition) is 5. The van der Waals surface area contributed by atoms with E-state index in [4.69, 9.17) is 14.2 Å². The molecule has 2 atom stereocenters. The highest BCUT2D eigenvalue weighted by molar-refractivity contribution is 5.52. The Morgan fingerprint density at radius 3 is 1.52 bits per heavy atom. The van der Waals surface area contributed by atoms with Gasteiger partial charge in [-0.2, -0.15) is 0 Å². The Kier molecular flexibility index (Phi) is 3.61. The van der Waals surface area contributed by atoms with Crippen molar-refractivity contribution in [3.05, 3.63) is 107 Å². The second-order valence-electron chi connectivity index (χ2n) is 6.97.